The van der Waals surface area contributed by atoms with E-state index in [1.165, 1.54) is 12.4 Å². The highest BCUT2D eigenvalue weighted by Crippen LogP contribution is 2.32. The molecule has 11 nitrogen and oxygen atoms in total. The highest BCUT2D eigenvalue weighted by molar-refractivity contribution is 7.90. The SMILES string of the molecule is CC1CC(NC(=O)c2ccc(S(=O)(=O)NC(=O)c3ccn(C4CCC4)n3)cc2F)c2ncnn21. The van der Waals surface area contributed by atoms with Gasteiger partial charge in [0.2, 0.25) is 0 Å². The number of nitrogens with zero attached hydrogens (tertiary/aromatic N) is 5. The number of hydrogen-bond acceptors (Lipinski definition) is 7. The van der Waals surface area contributed by atoms with Crippen molar-refractivity contribution in [1.82, 2.24) is 34.6 Å². The Hall–Kier alpha value is -3.61. The molecule has 2 atom stereocenters. The Morgan fingerprint density at radius 1 is 1.18 bits per heavy atom. The van der Waals surface area contributed by atoms with Crippen molar-refractivity contribution in [2.75, 3.05) is 0 Å². The van der Waals surface area contributed by atoms with Crippen LogP contribution in [0.5, 0.6) is 0 Å². The number of aromatic nitrogens is 5. The third kappa shape index (κ3) is 3.95. The standard InChI is InChI=1S/C21H22FN7O4S/c1-12-9-18(19-23-11-24-29(12)19)25-20(30)15-6-5-14(10-16(15)22)34(32,33)27-21(31)17-7-8-28(26-17)13-3-2-4-13/h5-8,10-13,18H,2-4,9H2,1H3,(H,25,30)(H,27,31). The van der Waals surface area contributed by atoms with Crippen LogP contribution in [0, 0.1) is 5.82 Å². The minimum Gasteiger partial charge on any atom is -0.342 e. The van der Waals surface area contributed by atoms with Gasteiger partial charge in [0.15, 0.2) is 5.69 Å². The van der Waals surface area contributed by atoms with Gasteiger partial charge in [-0.3, -0.25) is 14.3 Å². The van der Waals surface area contributed by atoms with Crippen molar-refractivity contribution in [1.29, 1.82) is 0 Å². The molecule has 0 radical (unpaired) electrons. The number of rotatable bonds is 6. The van der Waals surface area contributed by atoms with Crippen LogP contribution >= 0.6 is 0 Å². The summed E-state index contributed by atoms with van der Waals surface area (Å²) in [7, 11) is -4.38. The number of benzene rings is 1. The van der Waals surface area contributed by atoms with E-state index in [-0.39, 0.29) is 23.3 Å². The Balaban J connectivity index is 1.28. The maximum atomic E-state index is 14.7. The highest BCUT2D eigenvalue weighted by Gasteiger charge is 2.32. The molecule has 2 unspecified atom stereocenters. The van der Waals surface area contributed by atoms with Crippen molar-refractivity contribution in [2.45, 2.75) is 55.6 Å². The monoisotopic (exact) mass is 487 g/mol. The van der Waals surface area contributed by atoms with Gasteiger partial charge in [0.05, 0.1) is 28.6 Å². The Labute approximate surface area is 194 Å². The molecular formula is C21H22FN7O4S. The van der Waals surface area contributed by atoms with E-state index < -0.39 is 38.6 Å². The fourth-order valence-corrected chi connectivity index (χ4v) is 5.12. The molecule has 13 heteroatoms. The van der Waals surface area contributed by atoms with E-state index in [0.717, 1.165) is 31.4 Å². The lowest BCUT2D eigenvalue weighted by molar-refractivity contribution is 0.0929. The number of carbonyl (C=O) groups excluding carboxylic acids is 2. The number of fused-ring (bicyclic) bond motifs is 1. The zero-order chi connectivity index (χ0) is 24.0. The van der Waals surface area contributed by atoms with Crippen LogP contribution in [-0.4, -0.2) is 44.8 Å². The molecule has 0 saturated heterocycles. The van der Waals surface area contributed by atoms with Crippen molar-refractivity contribution in [3.8, 4) is 0 Å². The summed E-state index contributed by atoms with van der Waals surface area (Å²) in [5.41, 5.74) is -0.374. The first-order chi connectivity index (χ1) is 16.2. The highest BCUT2D eigenvalue weighted by atomic mass is 32.2. The molecule has 178 valence electrons. The Bertz CT molecular complexity index is 1380. The number of carbonyl (C=O) groups is 2. The summed E-state index contributed by atoms with van der Waals surface area (Å²) in [4.78, 5) is 28.7. The number of nitrogens with one attached hydrogen (secondary N) is 2. The zero-order valence-corrected chi connectivity index (χ0v) is 19.0. The van der Waals surface area contributed by atoms with Crippen LogP contribution in [0.3, 0.4) is 0 Å². The van der Waals surface area contributed by atoms with Crippen LogP contribution in [0.1, 0.15) is 77.4 Å². The van der Waals surface area contributed by atoms with Crippen LogP contribution in [0.2, 0.25) is 0 Å². The van der Waals surface area contributed by atoms with Crippen LogP contribution in [0.4, 0.5) is 4.39 Å². The van der Waals surface area contributed by atoms with Gasteiger partial charge < -0.3 is 5.32 Å². The molecule has 3 aromatic rings. The van der Waals surface area contributed by atoms with Gasteiger partial charge in [-0.2, -0.15) is 10.2 Å². The molecule has 1 saturated carbocycles. The molecule has 3 heterocycles. The summed E-state index contributed by atoms with van der Waals surface area (Å²) in [5.74, 6) is -2.09. The predicted molar refractivity (Wildman–Crippen MR) is 116 cm³/mol. The van der Waals surface area contributed by atoms with E-state index in [2.05, 4.69) is 20.5 Å². The normalized spacial score (nSPS) is 19.9. The second-order valence-corrected chi connectivity index (χ2v) is 10.2. The molecular weight excluding hydrogens is 465 g/mol. The molecule has 2 amide bonds. The summed E-state index contributed by atoms with van der Waals surface area (Å²) in [6.45, 7) is 1.93. The van der Waals surface area contributed by atoms with Gasteiger partial charge in [-0.25, -0.2) is 27.2 Å². The van der Waals surface area contributed by atoms with Gasteiger partial charge in [-0.05, 0) is 56.9 Å². The van der Waals surface area contributed by atoms with Crippen molar-refractivity contribution < 1.29 is 22.4 Å². The molecule has 34 heavy (non-hydrogen) atoms. The summed E-state index contributed by atoms with van der Waals surface area (Å²) >= 11 is 0. The zero-order valence-electron chi connectivity index (χ0n) is 18.2. The molecule has 2 aromatic heterocycles. The summed E-state index contributed by atoms with van der Waals surface area (Å²) < 4.78 is 45.2. The lowest BCUT2D eigenvalue weighted by Crippen LogP contribution is -2.32. The van der Waals surface area contributed by atoms with Gasteiger partial charge in [0, 0.05) is 6.20 Å². The second-order valence-electron chi connectivity index (χ2n) is 8.52. The largest absolute Gasteiger partial charge is 0.342 e. The van der Waals surface area contributed by atoms with Crippen LogP contribution in [-0.2, 0) is 10.0 Å². The summed E-state index contributed by atoms with van der Waals surface area (Å²) in [6, 6.07) is 4.09. The molecule has 1 fully saturated rings. The van der Waals surface area contributed by atoms with Gasteiger partial charge in [0.1, 0.15) is 18.0 Å². The molecule has 1 aromatic carbocycles. The average Bonchev–Trinajstić information content (AvgIpc) is 3.46. The number of sulfonamides is 1. The smallest absolute Gasteiger partial charge is 0.285 e. The maximum absolute atomic E-state index is 14.7. The average molecular weight is 488 g/mol. The summed E-state index contributed by atoms with van der Waals surface area (Å²) in [6.07, 6.45) is 6.57. The molecule has 2 N–H and O–H groups in total. The fourth-order valence-electron chi connectivity index (χ4n) is 4.15. The van der Waals surface area contributed by atoms with Crippen LogP contribution < -0.4 is 10.0 Å². The van der Waals surface area contributed by atoms with Crippen molar-refractivity contribution in [3.63, 3.8) is 0 Å². The van der Waals surface area contributed by atoms with E-state index in [1.54, 1.807) is 15.6 Å². The van der Waals surface area contributed by atoms with E-state index in [0.29, 0.717) is 18.3 Å². The molecule has 1 aliphatic carbocycles. The van der Waals surface area contributed by atoms with Crippen LogP contribution in [0.15, 0.2) is 41.7 Å². The van der Waals surface area contributed by atoms with Crippen LogP contribution in [0.25, 0.3) is 0 Å². The van der Waals surface area contributed by atoms with E-state index in [9.17, 15) is 22.4 Å². The molecule has 0 bridgehead atoms. The van der Waals surface area contributed by atoms with Gasteiger partial charge in [-0.1, -0.05) is 0 Å². The van der Waals surface area contributed by atoms with E-state index in [4.69, 9.17) is 0 Å². The first kappa shape index (κ1) is 22.2. The molecule has 2 aliphatic rings. The predicted octanol–water partition coefficient (Wildman–Crippen LogP) is 1.89. The molecule has 5 rings (SSSR count). The topological polar surface area (TPSA) is 141 Å². The number of amides is 2. The Morgan fingerprint density at radius 3 is 2.68 bits per heavy atom. The van der Waals surface area contributed by atoms with Crippen molar-refractivity contribution in [2.24, 2.45) is 0 Å². The third-order valence-electron chi connectivity index (χ3n) is 6.22. The van der Waals surface area contributed by atoms with Gasteiger partial charge in [-0.15, -0.1) is 0 Å². The Kier molecular flexibility index (Phi) is 5.42. The number of hydrogen-bond donors (Lipinski definition) is 2. The second kappa shape index (κ2) is 8.31. The molecule has 0 spiro atoms. The fraction of sp³-hybridized carbons (Fsp3) is 0.381. The van der Waals surface area contributed by atoms with Gasteiger partial charge in [0.25, 0.3) is 21.8 Å². The lowest BCUT2D eigenvalue weighted by Gasteiger charge is -2.25. The number of halogens is 1. The minimum atomic E-state index is -4.38. The first-order valence-electron chi connectivity index (χ1n) is 10.8. The van der Waals surface area contributed by atoms with Crippen molar-refractivity contribution >= 4 is 21.8 Å². The first-order valence-corrected chi connectivity index (χ1v) is 12.3. The van der Waals surface area contributed by atoms with Crippen molar-refractivity contribution in [3.05, 3.63) is 59.7 Å². The third-order valence-corrected chi connectivity index (χ3v) is 7.55. The summed E-state index contributed by atoms with van der Waals surface area (Å²) in [5, 5.41) is 10.9. The molecule has 1 aliphatic heterocycles. The minimum absolute atomic E-state index is 0.0314. The maximum Gasteiger partial charge on any atom is 0.285 e. The quantitative estimate of drug-likeness (QED) is 0.541. The van der Waals surface area contributed by atoms with Gasteiger partial charge >= 0.3 is 0 Å². The van der Waals surface area contributed by atoms with E-state index >= 15 is 0 Å². The Morgan fingerprint density at radius 2 is 1.97 bits per heavy atom. The van der Waals surface area contributed by atoms with E-state index in [1.807, 2.05) is 11.6 Å². The lowest BCUT2D eigenvalue weighted by atomic mass is 9.93.